The van der Waals surface area contributed by atoms with Crippen LogP contribution in [0.1, 0.15) is 35.2 Å². The van der Waals surface area contributed by atoms with Crippen LogP contribution in [0.3, 0.4) is 0 Å². The third-order valence-corrected chi connectivity index (χ3v) is 6.02. The Bertz CT molecular complexity index is 1360. The highest BCUT2D eigenvalue weighted by Crippen LogP contribution is 2.35. The Labute approximate surface area is 204 Å². The summed E-state index contributed by atoms with van der Waals surface area (Å²) >= 11 is 0. The number of ether oxygens (including phenoxy) is 1. The zero-order valence-electron chi connectivity index (χ0n) is 19.7. The molecule has 3 aromatic carbocycles. The number of fused-ring (bicyclic) bond motifs is 1. The van der Waals surface area contributed by atoms with Gasteiger partial charge in [-0.25, -0.2) is 4.68 Å². The first-order chi connectivity index (χ1) is 17.1. The molecule has 0 radical (unpaired) electrons. The van der Waals surface area contributed by atoms with Gasteiger partial charge in [0.25, 0.3) is 5.91 Å². The van der Waals surface area contributed by atoms with E-state index in [2.05, 4.69) is 45.8 Å². The average molecular weight is 466 g/mol. The Kier molecular flexibility index (Phi) is 6.30. The van der Waals surface area contributed by atoms with Gasteiger partial charge in [0, 0.05) is 12.2 Å². The summed E-state index contributed by atoms with van der Waals surface area (Å²) in [5, 5.41) is 10.7. The fraction of sp³-hybridized carbons (Fsp3) is 0.179. The SMILES string of the molecule is CC1=C(C(=O)NCc2ccccc2)[C@@H](c2ccc(OCc3cccc(C)c3)cc2)n2ncnc2N1. The first kappa shape index (κ1) is 22.4. The van der Waals surface area contributed by atoms with Gasteiger partial charge in [0.05, 0.1) is 5.57 Å². The number of aryl methyl sites for hydroxylation is 1. The Morgan fingerprint density at radius 1 is 1.00 bits per heavy atom. The quantitative estimate of drug-likeness (QED) is 0.411. The summed E-state index contributed by atoms with van der Waals surface area (Å²) in [6, 6.07) is 25.5. The molecule has 0 unspecified atom stereocenters. The van der Waals surface area contributed by atoms with E-state index in [9.17, 15) is 4.79 Å². The molecule has 1 aliphatic heterocycles. The number of amides is 1. The zero-order chi connectivity index (χ0) is 24.2. The predicted molar refractivity (Wildman–Crippen MR) is 135 cm³/mol. The van der Waals surface area contributed by atoms with E-state index in [1.54, 1.807) is 4.68 Å². The Morgan fingerprint density at radius 2 is 1.77 bits per heavy atom. The number of aromatic nitrogens is 3. The predicted octanol–water partition coefficient (Wildman–Crippen LogP) is 4.77. The molecule has 4 aromatic rings. The van der Waals surface area contributed by atoms with Crippen molar-refractivity contribution in [1.29, 1.82) is 0 Å². The van der Waals surface area contributed by atoms with Gasteiger partial charge < -0.3 is 15.4 Å². The number of hydrogen-bond donors (Lipinski definition) is 2. The highest BCUT2D eigenvalue weighted by Gasteiger charge is 2.33. The lowest BCUT2D eigenvalue weighted by Gasteiger charge is -2.28. The van der Waals surface area contributed by atoms with Gasteiger partial charge in [-0.1, -0.05) is 72.3 Å². The summed E-state index contributed by atoms with van der Waals surface area (Å²) in [7, 11) is 0. The van der Waals surface area contributed by atoms with Gasteiger partial charge in [-0.3, -0.25) is 4.79 Å². The first-order valence-electron chi connectivity index (χ1n) is 11.6. The fourth-order valence-electron chi connectivity index (χ4n) is 4.28. The normalized spacial score (nSPS) is 14.7. The van der Waals surface area contributed by atoms with Gasteiger partial charge in [0.2, 0.25) is 5.95 Å². The topological polar surface area (TPSA) is 81.1 Å². The summed E-state index contributed by atoms with van der Waals surface area (Å²) < 4.78 is 7.73. The smallest absolute Gasteiger partial charge is 0.251 e. The van der Waals surface area contributed by atoms with Gasteiger partial charge >= 0.3 is 0 Å². The maximum Gasteiger partial charge on any atom is 0.251 e. The van der Waals surface area contributed by atoms with Crippen molar-refractivity contribution in [1.82, 2.24) is 20.1 Å². The van der Waals surface area contributed by atoms with Crippen LogP contribution in [0.2, 0.25) is 0 Å². The number of carbonyl (C=O) groups is 1. The second-order valence-corrected chi connectivity index (χ2v) is 8.61. The maximum absolute atomic E-state index is 13.4. The number of rotatable bonds is 7. The van der Waals surface area contributed by atoms with Gasteiger partial charge in [-0.05, 0) is 42.7 Å². The maximum atomic E-state index is 13.4. The van der Waals surface area contributed by atoms with Crippen LogP contribution in [0.15, 0.2) is 96.5 Å². The van der Waals surface area contributed by atoms with E-state index in [-0.39, 0.29) is 5.91 Å². The molecule has 0 saturated heterocycles. The molecule has 7 nitrogen and oxygen atoms in total. The van der Waals surface area contributed by atoms with Crippen LogP contribution in [0, 0.1) is 6.92 Å². The van der Waals surface area contributed by atoms with E-state index in [1.165, 1.54) is 11.9 Å². The molecule has 1 amide bonds. The van der Waals surface area contributed by atoms with Crippen molar-refractivity contribution < 1.29 is 9.53 Å². The van der Waals surface area contributed by atoms with Crippen LogP contribution < -0.4 is 15.4 Å². The van der Waals surface area contributed by atoms with Gasteiger partial charge in [0.15, 0.2) is 0 Å². The van der Waals surface area contributed by atoms with Crippen molar-refractivity contribution in [3.63, 3.8) is 0 Å². The third kappa shape index (κ3) is 4.94. The van der Waals surface area contributed by atoms with Gasteiger partial charge in [-0.2, -0.15) is 10.1 Å². The molecule has 35 heavy (non-hydrogen) atoms. The third-order valence-electron chi connectivity index (χ3n) is 6.02. The van der Waals surface area contributed by atoms with E-state index >= 15 is 0 Å². The summed E-state index contributed by atoms with van der Waals surface area (Å²) in [5.41, 5.74) is 5.64. The molecule has 2 N–H and O–H groups in total. The molecule has 0 fully saturated rings. The molecule has 5 rings (SSSR count). The minimum Gasteiger partial charge on any atom is -0.489 e. The minimum absolute atomic E-state index is 0.148. The molecule has 0 bridgehead atoms. The lowest BCUT2D eigenvalue weighted by molar-refractivity contribution is -0.118. The molecule has 1 aromatic heterocycles. The van der Waals surface area contributed by atoms with Crippen molar-refractivity contribution in [2.75, 3.05) is 5.32 Å². The first-order valence-corrected chi connectivity index (χ1v) is 11.6. The molecule has 1 aliphatic rings. The van der Waals surface area contributed by atoms with E-state index in [0.717, 1.165) is 28.1 Å². The molecule has 0 saturated carbocycles. The molecule has 0 aliphatic carbocycles. The molecule has 1 atom stereocenters. The van der Waals surface area contributed by atoms with Crippen LogP contribution in [-0.2, 0) is 17.9 Å². The Hall–Kier alpha value is -4.39. The number of nitrogens with zero attached hydrogens (tertiary/aromatic N) is 3. The highest BCUT2D eigenvalue weighted by atomic mass is 16.5. The molecule has 0 spiro atoms. The largest absolute Gasteiger partial charge is 0.489 e. The standard InChI is InChI=1S/C28H27N5O2/c1-19-7-6-10-22(15-19)17-35-24-13-11-23(12-14-24)26-25(20(2)32-28-30-18-31-33(26)28)27(34)29-16-21-8-4-3-5-9-21/h3-15,18,26H,16-17H2,1-2H3,(H,29,34)(H,30,31,32)/t26-/m1/s1. The Morgan fingerprint density at radius 3 is 2.54 bits per heavy atom. The molecule has 2 heterocycles. The fourth-order valence-corrected chi connectivity index (χ4v) is 4.28. The van der Waals surface area contributed by atoms with E-state index in [4.69, 9.17) is 4.74 Å². The second kappa shape index (κ2) is 9.85. The molecular weight excluding hydrogens is 438 g/mol. The van der Waals surface area contributed by atoms with Crippen molar-refractivity contribution in [2.24, 2.45) is 0 Å². The van der Waals surface area contributed by atoms with Crippen molar-refractivity contribution in [3.05, 3.63) is 119 Å². The monoisotopic (exact) mass is 465 g/mol. The van der Waals surface area contributed by atoms with E-state index < -0.39 is 6.04 Å². The van der Waals surface area contributed by atoms with E-state index in [0.29, 0.717) is 24.7 Å². The van der Waals surface area contributed by atoms with E-state index in [1.807, 2.05) is 67.6 Å². The van der Waals surface area contributed by atoms with Crippen molar-refractivity contribution >= 4 is 11.9 Å². The average Bonchev–Trinajstić information content (AvgIpc) is 3.34. The number of benzene rings is 3. The number of allylic oxidation sites excluding steroid dienone is 1. The van der Waals surface area contributed by atoms with Crippen LogP contribution >= 0.6 is 0 Å². The highest BCUT2D eigenvalue weighted by molar-refractivity contribution is 5.96. The van der Waals surface area contributed by atoms with Gasteiger partial charge in [-0.15, -0.1) is 0 Å². The molecular formula is C28H27N5O2. The van der Waals surface area contributed by atoms with Crippen LogP contribution in [-0.4, -0.2) is 20.7 Å². The summed E-state index contributed by atoms with van der Waals surface area (Å²) in [6.45, 7) is 4.90. The summed E-state index contributed by atoms with van der Waals surface area (Å²) in [5.74, 6) is 1.22. The molecule has 7 heteroatoms. The minimum atomic E-state index is -0.407. The number of anilines is 1. The van der Waals surface area contributed by atoms with Crippen molar-refractivity contribution in [2.45, 2.75) is 33.0 Å². The van der Waals surface area contributed by atoms with Crippen LogP contribution in [0.5, 0.6) is 5.75 Å². The number of hydrogen-bond acceptors (Lipinski definition) is 5. The number of nitrogens with one attached hydrogen (secondary N) is 2. The second-order valence-electron chi connectivity index (χ2n) is 8.61. The summed E-state index contributed by atoms with van der Waals surface area (Å²) in [4.78, 5) is 17.7. The van der Waals surface area contributed by atoms with Crippen LogP contribution in [0.4, 0.5) is 5.95 Å². The number of carbonyl (C=O) groups excluding carboxylic acids is 1. The lowest BCUT2D eigenvalue weighted by atomic mass is 9.95. The summed E-state index contributed by atoms with van der Waals surface area (Å²) in [6.07, 6.45) is 1.49. The van der Waals surface area contributed by atoms with Crippen molar-refractivity contribution in [3.8, 4) is 5.75 Å². The zero-order valence-corrected chi connectivity index (χ0v) is 19.7. The van der Waals surface area contributed by atoms with Crippen LogP contribution in [0.25, 0.3) is 0 Å². The Balaban J connectivity index is 1.37. The molecule has 176 valence electrons. The van der Waals surface area contributed by atoms with Gasteiger partial charge in [0.1, 0.15) is 24.7 Å². The lowest BCUT2D eigenvalue weighted by Crippen LogP contribution is -2.34.